The van der Waals surface area contributed by atoms with Crippen molar-refractivity contribution >= 4 is 5.91 Å². The van der Waals surface area contributed by atoms with E-state index in [0.29, 0.717) is 5.56 Å². The van der Waals surface area contributed by atoms with Gasteiger partial charge in [0, 0.05) is 24.7 Å². The zero-order chi connectivity index (χ0) is 20.8. The average Bonchev–Trinajstić information content (AvgIpc) is 2.81. The van der Waals surface area contributed by atoms with Gasteiger partial charge in [-0.3, -0.25) is 9.69 Å². The smallest absolute Gasteiger partial charge is 0.251 e. The molecule has 0 unspecified atom stereocenters. The van der Waals surface area contributed by atoms with Crippen LogP contribution in [0.3, 0.4) is 0 Å². The Morgan fingerprint density at radius 1 is 0.833 bits per heavy atom. The predicted molar refractivity (Wildman–Crippen MR) is 120 cm³/mol. The minimum absolute atomic E-state index is 0.0354. The van der Waals surface area contributed by atoms with Crippen molar-refractivity contribution in [1.82, 2.24) is 10.2 Å². The van der Waals surface area contributed by atoms with Crippen LogP contribution in [0.15, 0.2) is 84.9 Å². The van der Waals surface area contributed by atoms with Gasteiger partial charge in [-0.2, -0.15) is 0 Å². The number of carbonyl (C=O) groups is 1. The Bertz CT molecular complexity index is 936. The molecule has 0 bridgehead atoms. The molecule has 0 radical (unpaired) electrons. The molecule has 0 spiro atoms. The lowest BCUT2D eigenvalue weighted by Crippen LogP contribution is -2.48. The minimum Gasteiger partial charge on any atom is -0.379 e. The topological polar surface area (TPSA) is 41.6 Å². The van der Waals surface area contributed by atoms with Crippen LogP contribution in [0.4, 0.5) is 0 Å². The van der Waals surface area contributed by atoms with Gasteiger partial charge in [0.05, 0.1) is 19.3 Å². The van der Waals surface area contributed by atoms with Gasteiger partial charge in [-0.25, -0.2) is 0 Å². The molecule has 1 heterocycles. The summed E-state index contributed by atoms with van der Waals surface area (Å²) < 4.78 is 5.53. The lowest BCUT2D eigenvalue weighted by Gasteiger charge is -2.38. The molecule has 3 aromatic rings. The van der Waals surface area contributed by atoms with Crippen molar-refractivity contribution in [3.63, 3.8) is 0 Å². The molecular weight excluding hydrogens is 372 g/mol. The van der Waals surface area contributed by atoms with Crippen molar-refractivity contribution in [2.45, 2.75) is 19.0 Å². The van der Waals surface area contributed by atoms with Crippen LogP contribution < -0.4 is 5.32 Å². The first-order valence-electron chi connectivity index (χ1n) is 10.6. The Labute approximate surface area is 178 Å². The number of benzene rings is 3. The standard InChI is InChI=1S/C26H28N2O2/c1-20(25(23-10-6-3-7-11-23)28-16-18-30-19-17-28)27-26(29)24-14-12-22(13-15-24)21-8-4-2-5-9-21/h2-15,20,25H,16-19H2,1H3,(H,27,29)/t20-,25+/m1/s1. The monoisotopic (exact) mass is 400 g/mol. The molecule has 1 fully saturated rings. The molecule has 1 amide bonds. The summed E-state index contributed by atoms with van der Waals surface area (Å²) in [4.78, 5) is 15.4. The van der Waals surface area contributed by atoms with Crippen molar-refractivity contribution < 1.29 is 9.53 Å². The summed E-state index contributed by atoms with van der Waals surface area (Å²) in [6, 6.07) is 28.5. The average molecular weight is 401 g/mol. The normalized spacial score (nSPS) is 16.6. The van der Waals surface area contributed by atoms with Crippen molar-refractivity contribution in [3.05, 3.63) is 96.1 Å². The number of nitrogens with one attached hydrogen (secondary N) is 1. The zero-order valence-electron chi connectivity index (χ0n) is 17.3. The molecule has 0 aliphatic carbocycles. The van der Waals surface area contributed by atoms with Crippen LogP contribution in [0.5, 0.6) is 0 Å². The fourth-order valence-corrected chi connectivity index (χ4v) is 4.14. The number of hydrogen-bond acceptors (Lipinski definition) is 3. The first-order valence-corrected chi connectivity index (χ1v) is 10.6. The number of nitrogens with zero attached hydrogens (tertiary/aromatic N) is 1. The number of ether oxygens (including phenoxy) is 1. The fraction of sp³-hybridized carbons (Fsp3) is 0.269. The van der Waals surface area contributed by atoms with E-state index in [9.17, 15) is 4.79 Å². The van der Waals surface area contributed by atoms with Crippen LogP contribution in [0.1, 0.15) is 28.9 Å². The number of morpholine rings is 1. The van der Waals surface area contributed by atoms with E-state index in [1.807, 2.05) is 48.5 Å². The van der Waals surface area contributed by atoms with Gasteiger partial charge in [0.1, 0.15) is 0 Å². The number of carbonyl (C=O) groups excluding carboxylic acids is 1. The zero-order valence-corrected chi connectivity index (χ0v) is 17.3. The molecule has 1 N–H and O–H groups in total. The maximum atomic E-state index is 13.0. The third-order valence-corrected chi connectivity index (χ3v) is 5.67. The summed E-state index contributed by atoms with van der Waals surface area (Å²) in [5.41, 5.74) is 4.15. The second kappa shape index (κ2) is 9.70. The number of hydrogen-bond donors (Lipinski definition) is 1. The van der Waals surface area contributed by atoms with E-state index in [1.54, 1.807) is 0 Å². The van der Waals surface area contributed by atoms with Crippen LogP contribution in [0, 0.1) is 0 Å². The van der Waals surface area contributed by atoms with E-state index in [-0.39, 0.29) is 18.0 Å². The quantitative estimate of drug-likeness (QED) is 0.660. The first-order chi connectivity index (χ1) is 14.7. The SMILES string of the molecule is C[C@@H](NC(=O)c1ccc(-c2ccccc2)cc1)[C@@H](c1ccccc1)N1CCOCC1. The van der Waals surface area contributed by atoms with Gasteiger partial charge in [-0.1, -0.05) is 72.8 Å². The maximum absolute atomic E-state index is 13.0. The molecule has 0 saturated carbocycles. The highest BCUT2D eigenvalue weighted by Gasteiger charge is 2.28. The molecule has 154 valence electrons. The van der Waals surface area contributed by atoms with Crippen molar-refractivity contribution in [3.8, 4) is 11.1 Å². The highest BCUT2D eigenvalue weighted by atomic mass is 16.5. The summed E-state index contributed by atoms with van der Waals surface area (Å²) in [5.74, 6) is -0.0451. The fourth-order valence-electron chi connectivity index (χ4n) is 4.14. The minimum atomic E-state index is -0.0451. The van der Waals surface area contributed by atoms with Crippen molar-refractivity contribution in [1.29, 1.82) is 0 Å². The molecule has 1 aliphatic heterocycles. The highest BCUT2D eigenvalue weighted by molar-refractivity contribution is 5.94. The molecule has 3 aromatic carbocycles. The Hall–Kier alpha value is -2.95. The molecule has 4 nitrogen and oxygen atoms in total. The third-order valence-electron chi connectivity index (χ3n) is 5.67. The molecular formula is C26H28N2O2. The van der Waals surface area contributed by atoms with Gasteiger partial charge < -0.3 is 10.1 Å². The van der Waals surface area contributed by atoms with Crippen molar-refractivity contribution in [2.24, 2.45) is 0 Å². The lowest BCUT2D eigenvalue weighted by molar-refractivity contribution is 0.00888. The van der Waals surface area contributed by atoms with Gasteiger partial charge in [0.25, 0.3) is 5.91 Å². The number of amides is 1. The maximum Gasteiger partial charge on any atom is 0.251 e. The van der Waals surface area contributed by atoms with Crippen LogP contribution in [-0.4, -0.2) is 43.2 Å². The van der Waals surface area contributed by atoms with Gasteiger partial charge in [0.2, 0.25) is 0 Å². The van der Waals surface area contributed by atoms with Gasteiger partial charge in [-0.15, -0.1) is 0 Å². The van der Waals surface area contributed by atoms with E-state index in [2.05, 4.69) is 53.5 Å². The van der Waals surface area contributed by atoms with E-state index in [1.165, 1.54) is 5.56 Å². The Kier molecular flexibility index (Phi) is 6.57. The second-order valence-corrected chi connectivity index (χ2v) is 7.71. The van der Waals surface area contributed by atoms with Gasteiger partial charge in [0.15, 0.2) is 0 Å². The molecule has 30 heavy (non-hydrogen) atoms. The highest BCUT2D eigenvalue weighted by Crippen LogP contribution is 2.26. The van der Waals surface area contributed by atoms with E-state index >= 15 is 0 Å². The Balaban J connectivity index is 1.49. The van der Waals surface area contributed by atoms with Crippen LogP contribution in [0.2, 0.25) is 0 Å². The van der Waals surface area contributed by atoms with Gasteiger partial charge in [-0.05, 0) is 35.7 Å². The summed E-state index contributed by atoms with van der Waals surface area (Å²) >= 11 is 0. The molecule has 4 rings (SSSR count). The van der Waals surface area contributed by atoms with Crippen molar-refractivity contribution in [2.75, 3.05) is 26.3 Å². The molecule has 0 aromatic heterocycles. The molecule has 4 heteroatoms. The van der Waals surface area contributed by atoms with E-state index < -0.39 is 0 Å². The van der Waals surface area contributed by atoms with Gasteiger partial charge >= 0.3 is 0 Å². The Morgan fingerprint density at radius 3 is 2.03 bits per heavy atom. The summed E-state index contributed by atoms with van der Waals surface area (Å²) in [6.45, 7) is 5.27. The molecule has 2 atom stereocenters. The van der Waals surface area contributed by atoms with E-state index in [4.69, 9.17) is 4.74 Å². The Morgan fingerprint density at radius 2 is 1.40 bits per heavy atom. The third kappa shape index (κ3) is 4.78. The molecule has 1 aliphatic rings. The van der Waals surface area contributed by atoms with Crippen LogP contribution in [-0.2, 0) is 4.74 Å². The summed E-state index contributed by atoms with van der Waals surface area (Å²) in [7, 11) is 0. The lowest BCUT2D eigenvalue weighted by atomic mass is 9.97. The number of rotatable bonds is 6. The summed E-state index contributed by atoms with van der Waals surface area (Å²) in [6.07, 6.45) is 0. The largest absolute Gasteiger partial charge is 0.379 e. The van der Waals surface area contributed by atoms with Crippen LogP contribution in [0.25, 0.3) is 11.1 Å². The molecule has 1 saturated heterocycles. The predicted octanol–water partition coefficient (Wildman–Crippen LogP) is 4.55. The van der Waals surface area contributed by atoms with E-state index in [0.717, 1.165) is 37.4 Å². The second-order valence-electron chi connectivity index (χ2n) is 7.71. The first kappa shape index (κ1) is 20.3. The summed E-state index contributed by atoms with van der Waals surface area (Å²) in [5, 5.41) is 3.23. The van der Waals surface area contributed by atoms with Crippen LogP contribution >= 0.6 is 0 Å².